The second-order valence-corrected chi connectivity index (χ2v) is 4.28. The van der Waals surface area contributed by atoms with Crippen LogP contribution in [0.1, 0.15) is 11.8 Å². The van der Waals surface area contributed by atoms with E-state index in [0.29, 0.717) is 5.84 Å². The molecule has 1 rings (SSSR count). The molecule has 0 aromatic carbocycles. The Hall–Kier alpha value is -0.540. The lowest BCUT2D eigenvalue weighted by atomic mass is 10.3. The molecule has 1 heterocycles. The molecule has 0 amide bonds. The third-order valence-corrected chi connectivity index (χ3v) is 2.64. The van der Waals surface area contributed by atoms with Crippen molar-refractivity contribution in [3.05, 3.63) is 21.3 Å². The van der Waals surface area contributed by atoms with Gasteiger partial charge in [0.25, 0.3) is 0 Å². The number of thiophene rings is 1. The highest BCUT2D eigenvalue weighted by atomic mass is 35.5. The molecule has 0 atom stereocenters. The summed E-state index contributed by atoms with van der Waals surface area (Å²) in [6.45, 7) is 2.54. The van der Waals surface area contributed by atoms with Gasteiger partial charge >= 0.3 is 0 Å². The van der Waals surface area contributed by atoms with Crippen LogP contribution in [-0.4, -0.2) is 12.4 Å². The van der Waals surface area contributed by atoms with Crippen molar-refractivity contribution in [1.29, 1.82) is 0 Å². The summed E-state index contributed by atoms with van der Waals surface area (Å²) >= 11 is 7.35. The molecule has 4 heteroatoms. The number of halogens is 1. The van der Waals surface area contributed by atoms with Crippen LogP contribution >= 0.6 is 22.9 Å². The maximum Gasteiger partial charge on any atom is 0.0931 e. The Balaban J connectivity index is 2.38. The largest absolute Gasteiger partial charge is 0.388 e. The van der Waals surface area contributed by atoms with Crippen molar-refractivity contribution < 1.29 is 0 Å². The molecule has 12 heavy (non-hydrogen) atoms. The van der Waals surface area contributed by atoms with Crippen molar-refractivity contribution in [3.63, 3.8) is 0 Å². The van der Waals surface area contributed by atoms with Crippen LogP contribution in [0.2, 0.25) is 4.34 Å². The number of rotatable bonds is 3. The van der Waals surface area contributed by atoms with E-state index in [1.165, 1.54) is 4.88 Å². The van der Waals surface area contributed by atoms with E-state index in [0.717, 1.165) is 17.3 Å². The van der Waals surface area contributed by atoms with Crippen LogP contribution in [0.25, 0.3) is 0 Å². The highest BCUT2D eigenvalue weighted by Gasteiger charge is 1.96. The molecule has 0 unspecified atom stereocenters. The van der Waals surface area contributed by atoms with Crippen molar-refractivity contribution in [1.82, 2.24) is 0 Å². The van der Waals surface area contributed by atoms with E-state index in [4.69, 9.17) is 17.3 Å². The minimum atomic E-state index is 0.637. The number of nitrogens with zero attached hydrogens (tertiary/aromatic N) is 1. The average molecular weight is 203 g/mol. The first-order chi connectivity index (χ1) is 5.68. The average Bonchev–Trinajstić information content (AvgIpc) is 2.35. The summed E-state index contributed by atoms with van der Waals surface area (Å²) in [4.78, 5) is 5.34. The predicted octanol–water partition coefficient (Wildman–Crippen LogP) is 2.32. The van der Waals surface area contributed by atoms with Crippen LogP contribution in [0, 0.1) is 0 Å². The molecule has 0 aliphatic rings. The zero-order valence-electron chi connectivity index (χ0n) is 6.88. The van der Waals surface area contributed by atoms with Crippen LogP contribution in [0.3, 0.4) is 0 Å². The van der Waals surface area contributed by atoms with Crippen molar-refractivity contribution in [2.24, 2.45) is 10.7 Å². The first kappa shape index (κ1) is 9.55. The van der Waals surface area contributed by atoms with Crippen LogP contribution in [0.4, 0.5) is 0 Å². The second kappa shape index (κ2) is 4.48. The molecule has 0 fully saturated rings. The summed E-state index contributed by atoms with van der Waals surface area (Å²) in [5.74, 6) is 0.637. The molecule has 0 aliphatic carbocycles. The molecule has 66 valence electrons. The van der Waals surface area contributed by atoms with Crippen molar-refractivity contribution in [3.8, 4) is 0 Å². The Labute approximate surface area is 81.1 Å². The lowest BCUT2D eigenvalue weighted by Crippen LogP contribution is -2.06. The van der Waals surface area contributed by atoms with Crippen molar-refractivity contribution in [2.45, 2.75) is 13.3 Å². The summed E-state index contributed by atoms with van der Waals surface area (Å²) in [6.07, 6.45) is 0.923. The van der Waals surface area contributed by atoms with E-state index in [1.54, 1.807) is 18.3 Å². The van der Waals surface area contributed by atoms with Gasteiger partial charge in [0, 0.05) is 17.8 Å². The van der Waals surface area contributed by atoms with E-state index in [2.05, 4.69) is 4.99 Å². The molecule has 1 aromatic rings. The van der Waals surface area contributed by atoms with Gasteiger partial charge < -0.3 is 5.73 Å². The van der Waals surface area contributed by atoms with E-state index in [9.17, 15) is 0 Å². The molecule has 0 saturated heterocycles. The van der Waals surface area contributed by atoms with E-state index in [-0.39, 0.29) is 0 Å². The Kier molecular flexibility index (Phi) is 3.56. The van der Waals surface area contributed by atoms with E-state index < -0.39 is 0 Å². The number of amidine groups is 1. The van der Waals surface area contributed by atoms with E-state index in [1.807, 2.05) is 12.1 Å². The normalized spacial score (nSPS) is 12.0. The summed E-state index contributed by atoms with van der Waals surface area (Å²) < 4.78 is 0.832. The minimum absolute atomic E-state index is 0.637. The van der Waals surface area contributed by atoms with Crippen LogP contribution in [0.5, 0.6) is 0 Å². The molecule has 0 aliphatic heterocycles. The standard InChI is InChI=1S/C8H11ClN2S/c1-6(10)11-5-4-7-2-3-8(9)12-7/h2-3H,4-5H2,1H3,(H2,10,11). The molecule has 0 radical (unpaired) electrons. The Morgan fingerprint density at radius 2 is 2.42 bits per heavy atom. The third kappa shape index (κ3) is 3.24. The topological polar surface area (TPSA) is 38.4 Å². The lowest BCUT2D eigenvalue weighted by Gasteiger charge is -1.92. The molecule has 1 aromatic heterocycles. The Morgan fingerprint density at radius 3 is 2.92 bits per heavy atom. The highest BCUT2D eigenvalue weighted by molar-refractivity contribution is 7.16. The second-order valence-electron chi connectivity index (χ2n) is 2.48. The number of hydrogen-bond donors (Lipinski definition) is 1. The van der Waals surface area contributed by atoms with Gasteiger partial charge in [-0.05, 0) is 19.1 Å². The zero-order chi connectivity index (χ0) is 8.97. The molecule has 0 bridgehead atoms. The monoisotopic (exact) mass is 202 g/mol. The highest BCUT2D eigenvalue weighted by Crippen LogP contribution is 2.21. The van der Waals surface area contributed by atoms with Gasteiger partial charge in [-0.2, -0.15) is 0 Å². The van der Waals surface area contributed by atoms with Gasteiger partial charge in [-0.1, -0.05) is 11.6 Å². The molecule has 0 saturated carbocycles. The maximum atomic E-state index is 5.76. The fraction of sp³-hybridized carbons (Fsp3) is 0.375. The maximum absolute atomic E-state index is 5.76. The molecular weight excluding hydrogens is 192 g/mol. The summed E-state index contributed by atoms with van der Waals surface area (Å²) in [6, 6.07) is 3.93. The SMILES string of the molecule is CC(N)=NCCc1ccc(Cl)s1. The van der Waals surface area contributed by atoms with Crippen LogP contribution < -0.4 is 5.73 Å². The zero-order valence-corrected chi connectivity index (χ0v) is 8.45. The van der Waals surface area contributed by atoms with Gasteiger partial charge in [0.15, 0.2) is 0 Å². The van der Waals surface area contributed by atoms with Gasteiger partial charge in [-0.25, -0.2) is 0 Å². The Morgan fingerprint density at radius 1 is 1.67 bits per heavy atom. The van der Waals surface area contributed by atoms with Crippen LogP contribution in [0.15, 0.2) is 17.1 Å². The first-order valence-electron chi connectivity index (χ1n) is 3.69. The molecular formula is C8H11ClN2S. The predicted molar refractivity (Wildman–Crippen MR) is 55.2 cm³/mol. The van der Waals surface area contributed by atoms with Crippen molar-refractivity contribution in [2.75, 3.05) is 6.54 Å². The smallest absolute Gasteiger partial charge is 0.0931 e. The van der Waals surface area contributed by atoms with Gasteiger partial charge in [0.2, 0.25) is 0 Å². The fourth-order valence-corrected chi connectivity index (χ4v) is 1.90. The number of aliphatic imine (C=N–C) groups is 1. The lowest BCUT2D eigenvalue weighted by molar-refractivity contribution is 0.983. The van der Waals surface area contributed by atoms with Gasteiger partial charge in [-0.15, -0.1) is 11.3 Å². The van der Waals surface area contributed by atoms with Gasteiger partial charge in [0.1, 0.15) is 0 Å². The number of hydrogen-bond acceptors (Lipinski definition) is 2. The van der Waals surface area contributed by atoms with Gasteiger partial charge in [0.05, 0.1) is 10.2 Å². The summed E-state index contributed by atoms with van der Waals surface area (Å²) in [5, 5.41) is 0. The minimum Gasteiger partial charge on any atom is -0.388 e. The number of nitrogens with two attached hydrogens (primary N) is 1. The third-order valence-electron chi connectivity index (χ3n) is 1.35. The molecule has 2 nitrogen and oxygen atoms in total. The first-order valence-corrected chi connectivity index (χ1v) is 4.88. The quantitative estimate of drug-likeness (QED) is 0.593. The summed E-state index contributed by atoms with van der Waals surface area (Å²) in [7, 11) is 0. The molecule has 2 N–H and O–H groups in total. The Bertz CT molecular complexity index is 276. The van der Waals surface area contributed by atoms with E-state index >= 15 is 0 Å². The summed E-state index contributed by atoms with van der Waals surface area (Å²) in [5.41, 5.74) is 5.39. The van der Waals surface area contributed by atoms with Crippen molar-refractivity contribution >= 4 is 28.8 Å². The van der Waals surface area contributed by atoms with Gasteiger partial charge in [-0.3, -0.25) is 4.99 Å². The van der Waals surface area contributed by atoms with Crippen LogP contribution in [-0.2, 0) is 6.42 Å². The fourth-order valence-electron chi connectivity index (χ4n) is 0.829. The molecule has 0 spiro atoms.